The van der Waals surface area contributed by atoms with E-state index in [4.69, 9.17) is 4.74 Å². The fraction of sp³-hybridized carbons (Fsp3) is 0.581. The molecule has 17 heteroatoms. The molecule has 0 radical (unpaired) electrons. The molecular weight excluding hydrogens is 781 g/mol. The van der Waals surface area contributed by atoms with Gasteiger partial charge in [-0.25, -0.2) is 18.4 Å². The van der Waals surface area contributed by atoms with Crippen LogP contribution in [0.3, 0.4) is 0 Å². The van der Waals surface area contributed by atoms with Gasteiger partial charge in [0.1, 0.15) is 29.8 Å². The minimum absolute atomic E-state index is 0.00879. The maximum absolute atomic E-state index is 15.0. The van der Waals surface area contributed by atoms with Gasteiger partial charge < -0.3 is 46.6 Å². The molecule has 2 aliphatic rings. The maximum Gasteiger partial charge on any atom is 0.407 e. The van der Waals surface area contributed by atoms with Crippen LogP contribution >= 0.6 is 0 Å². The second-order valence-corrected chi connectivity index (χ2v) is 17.2. The largest absolute Gasteiger partial charge is 0.465 e. The highest BCUT2D eigenvalue weighted by Gasteiger charge is 2.62. The summed E-state index contributed by atoms with van der Waals surface area (Å²) in [5, 5.41) is 25.4. The first-order valence-corrected chi connectivity index (χ1v) is 20.6. The molecule has 2 aromatic rings. The first-order valence-electron chi connectivity index (χ1n) is 20.6. The van der Waals surface area contributed by atoms with Gasteiger partial charge in [0.2, 0.25) is 23.6 Å². The number of benzene rings is 2. The van der Waals surface area contributed by atoms with Crippen LogP contribution in [0, 0.1) is 11.3 Å². The van der Waals surface area contributed by atoms with E-state index in [-0.39, 0.29) is 57.7 Å². The summed E-state index contributed by atoms with van der Waals surface area (Å²) in [6.07, 6.45) is -0.760. The SMILES string of the molecule is CC(C)C[C@@H](NC(=O)[C@@H](Cc1ccccc1)NC(=O)[C@@H](Cc1ccccc1)NC(=O)O)C(=O)N[C@H](CCCCNC(=O)OC(C)(C)C)C(=O)N1CC2(CCNCC2(F)F)C1. The summed E-state index contributed by atoms with van der Waals surface area (Å²) in [5.41, 5.74) is -0.674. The summed E-state index contributed by atoms with van der Waals surface area (Å²) in [6, 6.07) is 12.9. The minimum Gasteiger partial charge on any atom is -0.465 e. The van der Waals surface area contributed by atoms with E-state index in [2.05, 4.69) is 31.9 Å². The fourth-order valence-electron chi connectivity index (χ4n) is 7.42. The molecule has 0 unspecified atom stereocenters. The Labute approximate surface area is 350 Å². The average molecular weight is 842 g/mol. The molecule has 2 fully saturated rings. The molecule has 60 heavy (non-hydrogen) atoms. The zero-order valence-corrected chi connectivity index (χ0v) is 35.2. The summed E-state index contributed by atoms with van der Waals surface area (Å²) < 4.78 is 35.3. The third kappa shape index (κ3) is 14.2. The van der Waals surface area contributed by atoms with Crippen molar-refractivity contribution in [3.05, 3.63) is 71.8 Å². The average Bonchev–Trinajstić information content (AvgIpc) is 3.15. The molecule has 4 rings (SSSR count). The highest BCUT2D eigenvalue weighted by atomic mass is 19.3. The second kappa shape index (κ2) is 21.3. The third-order valence-electron chi connectivity index (χ3n) is 10.6. The summed E-state index contributed by atoms with van der Waals surface area (Å²) in [6.45, 7) is 8.72. The van der Waals surface area contributed by atoms with Crippen molar-refractivity contribution >= 4 is 35.8 Å². The predicted molar refractivity (Wildman–Crippen MR) is 220 cm³/mol. The Bertz CT molecular complexity index is 1770. The normalized spacial score (nSPS) is 17.6. The molecule has 2 heterocycles. The number of hydrogen-bond donors (Lipinski definition) is 7. The number of piperidine rings is 1. The van der Waals surface area contributed by atoms with Gasteiger partial charge in [-0.3, -0.25) is 19.2 Å². The number of alkyl carbamates (subject to hydrolysis) is 1. The van der Waals surface area contributed by atoms with Crippen molar-refractivity contribution < 1.29 is 47.4 Å². The van der Waals surface area contributed by atoms with Gasteiger partial charge in [0.25, 0.3) is 5.92 Å². The topological polar surface area (TPSA) is 207 Å². The Morgan fingerprint density at radius 1 is 0.783 bits per heavy atom. The van der Waals surface area contributed by atoms with Crippen LogP contribution < -0.4 is 31.9 Å². The lowest BCUT2D eigenvalue weighted by Gasteiger charge is -2.56. The van der Waals surface area contributed by atoms with Gasteiger partial charge in [-0.15, -0.1) is 0 Å². The monoisotopic (exact) mass is 841 g/mol. The minimum atomic E-state index is -3.02. The number of rotatable bonds is 19. The van der Waals surface area contributed by atoms with Gasteiger partial charge in [0, 0.05) is 32.5 Å². The lowest BCUT2D eigenvalue weighted by Crippen LogP contribution is -2.72. The summed E-state index contributed by atoms with van der Waals surface area (Å²) in [4.78, 5) is 81.2. The summed E-state index contributed by atoms with van der Waals surface area (Å²) in [7, 11) is 0. The number of unbranched alkanes of at least 4 members (excludes halogenated alkanes) is 1. The van der Waals surface area contributed by atoms with Crippen molar-refractivity contribution in [2.75, 3.05) is 32.7 Å². The van der Waals surface area contributed by atoms with E-state index >= 15 is 8.78 Å². The van der Waals surface area contributed by atoms with Gasteiger partial charge in [0.05, 0.1) is 12.0 Å². The van der Waals surface area contributed by atoms with E-state index in [9.17, 15) is 33.9 Å². The first kappa shape index (κ1) is 47.4. The molecule has 0 aliphatic carbocycles. The Balaban J connectivity index is 1.51. The number of nitrogens with zero attached hydrogens (tertiary/aromatic N) is 1. The van der Waals surface area contributed by atoms with Crippen LogP contribution in [-0.4, -0.2) is 114 Å². The van der Waals surface area contributed by atoms with Gasteiger partial charge in [-0.2, -0.15) is 0 Å². The molecule has 4 atom stereocenters. The summed E-state index contributed by atoms with van der Waals surface area (Å²) >= 11 is 0. The number of likely N-dealkylation sites (tertiary alicyclic amines) is 1. The van der Waals surface area contributed by atoms with Crippen molar-refractivity contribution in [3.63, 3.8) is 0 Å². The maximum atomic E-state index is 15.0. The summed E-state index contributed by atoms with van der Waals surface area (Å²) in [5.74, 6) is -5.80. The van der Waals surface area contributed by atoms with E-state index in [1.165, 1.54) is 4.90 Å². The van der Waals surface area contributed by atoms with E-state index in [0.29, 0.717) is 30.5 Å². The van der Waals surface area contributed by atoms with Gasteiger partial charge >= 0.3 is 12.2 Å². The van der Waals surface area contributed by atoms with Crippen LogP contribution in [0.15, 0.2) is 60.7 Å². The smallest absolute Gasteiger partial charge is 0.407 e. The third-order valence-corrected chi connectivity index (χ3v) is 10.6. The van der Waals surface area contributed by atoms with E-state index in [1.807, 2.05) is 13.8 Å². The molecule has 2 aromatic carbocycles. The molecule has 2 saturated heterocycles. The van der Waals surface area contributed by atoms with E-state index in [0.717, 1.165) is 0 Å². The standard InChI is InChI=1S/C43H61F2N7O8/c1-28(2)22-32(49-36(54)33(23-29-14-8-6-9-15-29)50-37(55)34(51-39(57)58)24-30-16-10-7-11-17-30)35(53)48-31(18-12-13-20-47-40(59)60-41(3,4)5)38(56)52-26-42(27-52)19-21-46-25-43(42,44)45/h6-11,14-17,28,31-34,46,51H,12-13,18-27H2,1-5H3,(H,47,59)(H,48,53)(H,49,54)(H,50,55)(H,57,58)/t31-,32-,33-,34-/m1/s1. The van der Waals surface area contributed by atoms with Crippen LogP contribution in [0.5, 0.6) is 0 Å². The number of ether oxygens (including phenoxy) is 1. The highest BCUT2D eigenvalue weighted by Crippen LogP contribution is 2.48. The molecule has 330 valence electrons. The Hall–Kier alpha value is -5.32. The predicted octanol–water partition coefficient (Wildman–Crippen LogP) is 3.76. The fourth-order valence-corrected chi connectivity index (χ4v) is 7.42. The number of hydrogen-bond acceptors (Lipinski definition) is 8. The Kier molecular flexibility index (Phi) is 16.8. The van der Waals surface area contributed by atoms with Crippen LogP contribution in [0.1, 0.15) is 77.8 Å². The molecule has 1 spiro atoms. The quantitative estimate of drug-likeness (QED) is 0.103. The molecule has 7 N–H and O–H groups in total. The lowest BCUT2D eigenvalue weighted by molar-refractivity contribution is -0.206. The van der Waals surface area contributed by atoms with Crippen LogP contribution in [-0.2, 0) is 36.8 Å². The van der Waals surface area contributed by atoms with Gasteiger partial charge in [-0.1, -0.05) is 74.5 Å². The number of nitrogens with one attached hydrogen (secondary N) is 6. The van der Waals surface area contributed by atoms with E-state index < -0.39 is 83.5 Å². The Morgan fingerprint density at radius 3 is 1.82 bits per heavy atom. The van der Waals surface area contributed by atoms with Gasteiger partial charge in [-0.05, 0) is 76.5 Å². The Morgan fingerprint density at radius 2 is 1.30 bits per heavy atom. The zero-order valence-electron chi connectivity index (χ0n) is 35.2. The van der Waals surface area contributed by atoms with E-state index in [1.54, 1.807) is 81.4 Å². The molecule has 0 aromatic heterocycles. The lowest BCUT2D eigenvalue weighted by atomic mass is 9.69. The number of carbonyl (C=O) groups is 6. The number of carboxylic acid groups (broad SMARTS) is 1. The van der Waals surface area contributed by atoms with Crippen molar-refractivity contribution in [1.82, 2.24) is 36.8 Å². The molecule has 6 amide bonds. The molecule has 15 nitrogen and oxygen atoms in total. The molecular formula is C43H61F2N7O8. The number of carbonyl (C=O) groups excluding carboxylic acids is 5. The van der Waals surface area contributed by atoms with Crippen molar-refractivity contribution in [3.8, 4) is 0 Å². The van der Waals surface area contributed by atoms with Crippen molar-refractivity contribution in [2.24, 2.45) is 11.3 Å². The first-order chi connectivity index (χ1) is 28.3. The van der Waals surface area contributed by atoms with Crippen molar-refractivity contribution in [1.29, 1.82) is 0 Å². The highest BCUT2D eigenvalue weighted by molar-refractivity contribution is 5.95. The molecule has 0 bridgehead atoms. The number of halogens is 2. The number of amides is 6. The van der Waals surface area contributed by atoms with Crippen LogP contribution in [0.25, 0.3) is 0 Å². The second-order valence-electron chi connectivity index (χ2n) is 17.2. The number of alkyl halides is 2. The van der Waals surface area contributed by atoms with Crippen molar-refractivity contribution in [2.45, 2.75) is 115 Å². The van der Waals surface area contributed by atoms with Crippen LogP contribution in [0.4, 0.5) is 18.4 Å². The molecule has 2 aliphatic heterocycles. The van der Waals surface area contributed by atoms with Gasteiger partial charge in [0.15, 0.2) is 0 Å². The molecule has 0 saturated carbocycles. The zero-order chi connectivity index (χ0) is 44.1. The van der Waals surface area contributed by atoms with Crippen LogP contribution in [0.2, 0.25) is 0 Å².